The smallest absolute Gasteiger partial charge is 0.414 e. The molecule has 0 bridgehead atoms. The van der Waals surface area contributed by atoms with Crippen molar-refractivity contribution in [2.75, 3.05) is 59.0 Å². The molecule has 4 heterocycles. The van der Waals surface area contributed by atoms with Gasteiger partial charge in [-0.15, -0.1) is 5.10 Å². The van der Waals surface area contributed by atoms with Crippen molar-refractivity contribution >= 4 is 29.8 Å². The van der Waals surface area contributed by atoms with Crippen LogP contribution in [0.15, 0.2) is 36.4 Å². The molecule has 2 N–H and O–H groups in total. The SMILES string of the molecule is O=C(NCC(=O)N1CCN(C(=O)N2CCCC2)CC1)Oc1cc(OCC(=O)N2CCC[C@H]2C(=O)NC2CCC2)n(-c2ccccc2)n1. The third kappa shape index (κ3) is 7.77. The lowest BCUT2D eigenvalue weighted by molar-refractivity contribution is -0.140. The minimum absolute atomic E-state index is 0.0193. The Morgan fingerprint density at radius 3 is 2.19 bits per heavy atom. The van der Waals surface area contributed by atoms with Gasteiger partial charge in [-0.25, -0.2) is 9.59 Å². The highest BCUT2D eigenvalue weighted by molar-refractivity contribution is 5.89. The molecule has 3 aliphatic heterocycles. The fourth-order valence-corrected chi connectivity index (χ4v) is 6.30. The third-order valence-corrected chi connectivity index (χ3v) is 9.19. The van der Waals surface area contributed by atoms with Crippen LogP contribution in [0.4, 0.5) is 9.59 Å². The second kappa shape index (κ2) is 14.7. The van der Waals surface area contributed by atoms with E-state index in [1.54, 1.807) is 26.8 Å². The summed E-state index contributed by atoms with van der Waals surface area (Å²) in [7, 11) is 0. The van der Waals surface area contributed by atoms with Crippen LogP contribution in [0.3, 0.4) is 0 Å². The van der Waals surface area contributed by atoms with Crippen LogP contribution in [0.1, 0.15) is 44.9 Å². The fourth-order valence-electron chi connectivity index (χ4n) is 6.30. The van der Waals surface area contributed by atoms with Gasteiger partial charge in [-0.2, -0.15) is 4.68 Å². The zero-order valence-electron chi connectivity index (χ0n) is 26.5. The average molecular weight is 651 g/mol. The molecule has 1 aliphatic carbocycles. The number of nitrogens with zero attached hydrogens (tertiary/aromatic N) is 6. The molecule has 252 valence electrons. The maximum atomic E-state index is 13.2. The first kappa shape index (κ1) is 32.1. The van der Waals surface area contributed by atoms with Crippen LogP contribution in [-0.4, -0.2) is 130 Å². The van der Waals surface area contributed by atoms with Crippen molar-refractivity contribution in [3.63, 3.8) is 0 Å². The summed E-state index contributed by atoms with van der Waals surface area (Å²) in [6.07, 6.45) is 5.55. The van der Waals surface area contributed by atoms with Crippen LogP contribution in [-0.2, 0) is 14.4 Å². The van der Waals surface area contributed by atoms with Crippen molar-refractivity contribution < 1.29 is 33.4 Å². The molecular weight excluding hydrogens is 608 g/mol. The normalized spacial score (nSPS) is 19.7. The lowest BCUT2D eigenvalue weighted by Crippen LogP contribution is -2.55. The first-order valence-corrected chi connectivity index (χ1v) is 16.5. The van der Waals surface area contributed by atoms with Gasteiger partial charge in [0.15, 0.2) is 6.61 Å². The van der Waals surface area contributed by atoms with Crippen LogP contribution in [0.5, 0.6) is 11.8 Å². The Labute approximate surface area is 273 Å². The highest BCUT2D eigenvalue weighted by Gasteiger charge is 2.36. The predicted octanol–water partition coefficient (Wildman–Crippen LogP) is 1.36. The van der Waals surface area contributed by atoms with Gasteiger partial charge >= 0.3 is 12.1 Å². The van der Waals surface area contributed by atoms with Crippen LogP contribution >= 0.6 is 0 Å². The first-order valence-electron chi connectivity index (χ1n) is 16.5. The van der Waals surface area contributed by atoms with Crippen molar-refractivity contribution in [1.29, 1.82) is 0 Å². The number of hydrogen-bond acceptors (Lipinski definition) is 8. The molecule has 0 spiro atoms. The van der Waals surface area contributed by atoms with E-state index in [0.717, 1.165) is 51.6 Å². The Hall–Kier alpha value is -4.82. The summed E-state index contributed by atoms with van der Waals surface area (Å²) >= 11 is 0. The number of piperazine rings is 1. The number of para-hydroxylation sites is 1. The largest absolute Gasteiger partial charge is 0.467 e. The summed E-state index contributed by atoms with van der Waals surface area (Å²) in [6, 6.07) is 10.1. The van der Waals surface area contributed by atoms with Crippen LogP contribution in [0.2, 0.25) is 0 Å². The van der Waals surface area contributed by atoms with E-state index in [1.165, 1.54) is 10.7 Å². The number of nitrogens with one attached hydrogen (secondary N) is 2. The van der Waals surface area contributed by atoms with Crippen molar-refractivity contribution in [2.45, 2.75) is 57.0 Å². The minimum Gasteiger partial charge on any atom is -0.467 e. The molecule has 6 rings (SSSR count). The number of hydrogen-bond donors (Lipinski definition) is 2. The van der Waals surface area contributed by atoms with E-state index in [0.29, 0.717) is 44.8 Å². The lowest BCUT2D eigenvalue weighted by Gasteiger charge is -2.36. The molecule has 3 saturated heterocycles. The Morgan fingerprint density at radius 1 is 0.787 bits per heavy atom. The van der Waals surface area contributed by atoms with E-state index in [1.807, 2.05) is 23.1 Å². The van der Waals surface area contributed by atoms with Gasteiger partial charge < -0.3 is 39.7 Å². The Morgan fingerprint density at radius 2 is 1.49 bits per heavy atom. The Kier molecular flexibility index (Phi) is 10.1. The molecule has 4 fully saturated rings. The molecule has 6 amide bonds. The topological polar surface area (TPSA) is 159 Å². The van der Waals surface area contributed by atoms with Gasteiger partial charge in [0, 0.05) is 51.9 Å². The van der Waals surface area contributed by atoms with E-state index in [-0.39, 0.29) is 54.7 Å². The summed E-state index contributed by atoms with van der Waals surface area (Å²) in [6.45, 7) is 3.09. The quantitative estimate of drug-likeness (QED) is 0.412. The molecule has 47 heavy (non-hydrogen) atoms. The molecule has 4 aliphatic rings. The van der Waals surface area contributed by atoms with Crippen LogP contribution in [0.25, 0.3) is 5.69 Å². The number of amides is 6. The molecular formula is C32H42N8O7. The molecule has 1 saturated carbocycles. The molecule has 1 atom stereocenters. The minimum atomic E-state index is -0.876. The molecule has 0 radical (unpaired) electrons. The lowest BCUT2D eigenvalue weighted by atomic mass is 9.93. The summed E-state index contributed by atoms with van der Waals surface area (Å²) in [5.74, 6) is -0.648. The number of carbonyl (C=O) groups is 5. The second-order valence-corrected chi connectivity index (χ2v) is 12.3. The van der Waals surface area contributed by atoms with Crippen molar-refractivity contribution in [3.8, 4) is 17.4 Å². The number of aromatic nitrogens is 2. The number of urea groups is 1. The number of likely N-dealkylation sites (tertiary alicyclic amines) is 2. The van der Waals surface area contributed by atoms with Gasteiger partial charge in [0.05, 0.1) is 11.8 Å². The van der Waals surface area contributed by atoms with E-state index in [4.69, 9.17) is 9.47 Å². The second-order valence-electron chi connectivity index (χ2n) is 12.3. The molecule has 15 nitrogen and oxygen atoms in total. The van der Waals surface area contributed by atoms with Crippen LogP contribution in [0, 0.1) is 0 Å². The average Bonchev–Trinajstić information content (AvgIpc) is 3.86. The highest BCUT2D eigenvalue weighted by Crippen LogP contribution is 2.25. The van der Waals surface area contributed by atoms with E-state index in [9.17, 15) is 24.0 Å². The number of rotatable bonds is 9. The first-order chi connectivity index (χ1) is 22.9. The third-order valence-electron chi connectivity index (χ3n) is 9.19. The predicted molar refractivity (Wildman–Crippen MR) is 168 cm³/mol. The van der Waals surface area contributed by atoms with E-state index in [2.05, 4.69) is 15.7 Å². The zero-order valence-corrected chi connectivity index (χ0v) is 26.5. The van der Waals surface area contributed by atoms with Gasteiger partial charge in [0.2, 0.25) is 23.6 Å². The summed E-state index contributed by atoms with van der Waals surface area (Å²) in [5, 5.41) is 9.85. The number of ether oxygens (including phenoxy) is 2. The molecule has 1 aromatic heterocycles. The van der Waals surface area contributed by atoms with Gasteiger partial charge in [0.1, 0.15) is 12.6 Å². The summed E-state index contributed by atoms with van der Waals surface area (Å²) in [4.78, 5) is 70.8. The molecule has 15 heteroatoms. The molecule has 0 unspecified atom stereocenters. The Bertz CT molecular complexity index is 1450. The fraction of sp³-hybridized carbons (Fsp3) is 0.562. The standard InChI is InChI=1S/C32H42N8O7/c41-27(36-16-18-38(19-17-36)32(45)37-13-4-5-14-37)21-33-31(44)47-26-20-29(40(35-26)24-10-2-1-3-11-24)46-22-28(42)39-15-7-12-25(39)30(43)34-23-8-6-9-23/h1-3,10-11,20,23,25H,4-9,12-19,21-22H2,(H,33,44)(H,34,43)/t25-/m0/s1. The van der Waals surface area contributed by atoms with E-state index >= 15 is 0 Å². The zero-order chi connectivity index (χ0) is 32.8. The van der Waals surface area contributed by atoms with Gasteiger partial charge in [-0.3, -0.25) is 14.4 Å². The highest BCUT2D eigenvalue weighted by atomic mass is 16.6. The Balaban J connectivity index is 1.01. The van der Waals surface area contributed by atoms with Gasteiger partial charge in [-0.05, 0) is 57.1 Å². The molecule has 1 aromatic carbocycles. The number of benzene rings is 1. The summed E-state index contributed by atoms with van der Waals surface area (Å²) in [5.41, 5.74) is 0.613. The van der Waals surface area contributed by atoms with Gasteiger partial charge in [-0.1, -0.05) is 18.2 Å². The van der Waals surface area contributed by atoms with Gasteiger partial charge in [0.25, 0.3) is 5.91 Å². The van der Waals surface area contributed by atoms with Crippen molar-refractivity contribution in [2.24, 2.45) is 0 Å². The van der Waals surface area contributed by atoms with E-state index < -0.39 is 12.1 Å². The summed E-state index contributed by atoms with van der Waals surface area (Å²) < 4.78 is 12.7. The van der Waals surface area contributed by atoms with Crippen LogP contribution < -0.4 is 20.1 Å². The molecule has 2 aromatic rings. The van der Waals surface area contributed by atoms with Crippen molar-refractivity contribution in [1.82, 2.24) is 40.0 Å². The maximum Gasteiger partial charge on any atom is 0.414 e. The van der Waals surface area contributed by atoms with Crippen molar-refractivity contribution in [3.05, 3.63) is 36.4 Å². The number of carbonyl (C=O) groups excluding carboxylic acids is 5. The maximum absolute atomic E-state index is 13.2. The monoisotopic (exact) mass is 650 g/mol.